The number of rotatable bonds is 7. The van der Waals surface area contributed by atoms with Gasteiger partial charge in [-0.1, -0.05) is 66.5 Å². The highest BCUT2D eigenvalue weighted by atomic mass is 32.2. The molecule has 1 heterocycles. The summed E-state index contributed by atoms with van der Waals surface area (Å²) in [4.78, 5) is 25.7. The lowest BCUT2D eigenvalue weighted by Gasteiger charge is -2.22. The lowest BCUT2D eigenvalue weighted by molar-refractivity contribution is -0.145. The molecule has 0 bridgehead atoms. The number of carboxylic acid groups (broad SMARTS) is 1. The number of amides is 1. The molecular weight excluding hydrogens is 362 g/mol. The number of hydrogen-bond acceptors (Lipinski definition) is 5. The first kappa shape index (κ1) is 18.8. The van der Waals surface area contributed by atoms with Gasteiger partial charge in [-0.05, 0) is 30.1 Å². The molecule has 7 heteroatoms. The Morgan fingerprint density at radius 3 is 2.75 bits per heavy atom. The minimum Gasteiger partial charge on any atom is -0.480 e. The quantitative estimate of drug-likeness (QED) is 0.576. The van der Waals surface area contributed by atoms with Crippen molar-refractivity contribution in [2.75, 3.05) is 12.0 Å². The zero-order chi connectivity index (χ0) is 17.5. The molecule has 4 nitrogen and oxygen atoms in total. The smallest absolute Gasteiger partial charge is 0.326 e. The minimum absolute atomic E-state index is 0.299. The molecule has 0 unspecified atom stereocenters. The van der Waals surface area contributed by atoms with E-state index >= 15 is 0 Å². The van der Waals surface area contributed by atoms with E-state index in [1.165, 1.54) is 4.90 Å². The Morgan fingerprint density at radius 1 is 1.42 bits per heavy atom. The molecule has 1 atom stereocenters. The second kappa shape index (κ2) is 9.05. The number of thiocarbonyl (C=S) groups is 1. The molecule has 24 heavy (non-hydrogen) atoms. The Morgan fingerprint density at radius 2 is 2.12 bits per heavy atom. The van der Waals surface area contributed by atoms with Crippen molar-refractivity contribution >= 4 is 58.0 Å². The summed E-state index contributed by atoms with van der Waals surface area (Å²) in [6, 6.07) is 8.80. The Balaban J connectivity index is 2.13. The Kier molecular flexibility index (Phi) is 7.08. The van der Waals surface area contributed by atoms with E-state index in [4.69, 9.17) is 12.2 Å². The van der Waals surface area contributed by atoms with Gasteiger partial charge >= 0.3 is 5.97 Å². The Hall–Kier alpha value is -1.57. The molecule has 1 saturated heterocycles. The van der Waals surface area contributed by atoms with Crippen LogP contribution in [0.15, 0.2) is 47.4 Å². The minimum atomic E-state index is -1.03. The summed E-state index contributed by atoms with van der Waals surface area (Å²) in [6.07, 6.45) is 7.61. The summed E-state index contributed by atoms with van der Waals surface area (Å²) in [6.45, 7) is 0. The average molecular weight is 380 g/mol. The number of aliphatic carboxylic acids is 1. The van der Waals surface area contributed by atoms with E-state index in [9.17, 15) is 14.7 Å². The van der Waals surface area contributed by atoms with Crippen molar-refractivity contribution in [3.8, 4) is 0 Å². The van der Waals surface area contributed by atoms with E-state index in [-0.39, 0.29) is 5.91 Å². The first-order valence-electron chi connectivity index (χ1n) is 7.25. The molecular formula is C17H17NO3S3. The highest BCUT2D eigenvalue weighted by Gasteiger charge is 2.39. The number of carbonyl (C=O) groups excluding carboxylic acids is 1. The van der Waals surface area contributed by atoms with Crippen LogP contribution in [0.2, 0.25) is 0 Å². The topological polar surface area (TPSA) is 57.6 Å². The number of hydrogen-bond donors (Lipinski definition) is 1. The fourth-order valence-electron chi connectivity index (χ4n) is 2.17. The molecule has 1 aromatic carbocycles. The largest absolute Gasteiger partial charge is 0.480 e. The molecule has 1 N–H and O–H groups in total. The molecule has 0 spiro atoms. The predicted molar refractivity (Wildman–Crippen MR) is 105 cm³/mol. The monoisotopic (exact) mass is 379 g/mol. The molecule has 0 aromatic heterocycles. The summed E-state index contributed by atoms with van der Waals surface area (Å²) in [5.74, 6) is -0.710. The highest BCUT2D eigenvalue weighted by Crippen LogP contribution is 2.33. The Bertz CT molecular complexity index is 686. The molecule has 0 saturated carbocycles. The second-order valence-electron chi connectivity index (χ2n) is 4.98. The second-order valence-corrected chi connectivity index (χ2v) is 7.64. The summed E-state index contributed by atoms with van der Waals surface area (Å²) in [5, 5.41) is 9.40. The zero-order valence-electron chi connectivity index (χ0n) is 13.0. The molecule has 1 aliphatic rings. The van der Waals surface area contributed by atoms with Crippen LogP contribution in [0.25, 0.3) is 6.08 Å². The first-order valence-corrected chi connectivity index (χ1v) is 9.87. The molecule has 126 valence electrons. The van der Waals surface area contributed by atoms with E-state index in [1.54, 1.807) is 23.9 Å². The average Bonchev–Trinajstić information content (AvgIpc) is 2.84. The van der Waals surface area contributed by atoms with Crippen LogP contribution < -0.4 is 0 Å². The van der Waals surface area contributed by atoms with Crippen molar-refractivity contribution in [2.45, 2.75) is 12.5 Å². The van der Waals surface area contributed by atoms with E-state index in [1.807, 2.05) is 42.7 Å². The fourth-order valence-corrected chi connectivity index (χ4v) is 3.93. The van der Waals surface area contributed by atoms with Crippen molar-refractivity contribution in [1.82, 2.24) is 4.90 Å². The predicted octanol–water partition coefficient (Wildman–Crippen LogP) is 3.65. The number of carbonyl (C=O) groups is 2. The van der Waals surface area contributed by atoms with Gasteiger partial charge in [-0.2, -0.15) is 11.8 Å². The number of thioether (sulfide) groups is 2. The third kappa shape index (κ3) is 4.72. The maximum absolute atomic E-state index is 12.5. The molecule has 2 rings (SSSR count). The standard InChI is InChI=1S/C17H17NO3S3/c1-23-11-10-13(16(20)21)18-15(19)14(24-17(18)22)9-5-8-12-6-3-2-4-7-12/h2-9,13H,10-11H2,1H3,(H,20,21)/b8-5+,14-9+/t13-/m0/s1. The number of allylic oxidation sites excluding steroid dienone is 2. The summed E-state index contributed by atoms with van der Waals surface area (Å²) >= 11 is 7.90. The number of carboxylic acids is 1. The lowest BCUT2D eigenvalue weighted by atomic mass is 10.2. The van der Waals surface area contributed by atoms with Crippen molar-refractivity contribution in [3.63, 3.8) is 0 Å². The molecule has 0 radical (unpaired) electrons. The van der Waals surface area contributed by atoms with Gasteiger partial charge in [-0.15, -0.1) is 0 Å². The van der Waals surface area contributed by atoms with Gasteiger partial charge in [0, 0.05) is 0 Å². The van der Waals surface area contributed by atoms with Crippen LogP contribution in [-0.4, -0.2) is 44.3 Å². The van der Waals surface area contributed by atoms with Crippen LogP contribution in [0, 0.1) is 0 Å². The number of nitrogens with zero attached hydrogens (tertiary/aromatic N) is 1. The lowest BCUT2D eigenvalue weighted by Crippen LogP contribution is -2.44. The van der Waals surface area contributed by atoms with Crippen molar-refractivity contribution in [1.29, 1.82) is 0 Å². The van der Waals surface area contributed by atoms with E-state index in [0.717, 1.165) is 17.3 Å². The zero-order valence-corrected chi connectivity index (χ0v) is 15.5. The maximum Gasteiger partial charge on any atom is 0.326 e. The van der Waals surface area contributed by atoms with Gasteiger partial charge in [0.1, 0.15) is 10.4 Å². The van der Waals surface area contributed by atoms with Crippen LogP contribution in [0.1, 0.15) is 12.0 Å². The van der Waals surface area contributed by atoms with Gasteiger partial charge in [-0.25, -0.2) is 4.79 Å². The van der Waals surface area contributed by atoms with Crippen LogP contribution in [0.5, 0.6) is 0 Å². The number of benzene rings is 1. The van der Waals surface area contributed by atoms with Gasteiger partial charge < -0.3 is 5.11 Å². The van der Waals surface area contributed by atoms with Gasteiger partial charge in [0.15, 0.2) is 0 Å². The van der Waals surface area contributed by atoms with E-state index in [2.05, 4.69) is 0 Å². The molecule has 0 aliphatic carbocycles. The van der Waals surface area contributed by atoms with Crippen LogP contribution >= 0.6 is 35.7 Å². The summed E-state index contributed by atoms with van der Waals surface area (Å²) in [5.41, 5.74) is 1.02. The maximum atomic E-state index is 12.5. The first-order chi connectivity index (χ1) is 11.5. The van der Waals surface area contributed by atoms with Crippen molar-refractivity contribution in [2.24, 2.45) is 0 Å². The summed E-state index contributed by atoms with van der Waals surface area (Å²) < 4.78 is 0.299. The van der Waals surface area contributed by atoms with Gasteiger partial charge in [-0.3, -0.25) is 9.69 Å². The van der Waals surface area contributed by atoms with Crippen molar-refractivity contribution in [3.05, 3.63) is 53.0 Å². The Labute approximate surface area is 155 Å². The third-order valence-electron chi connectivity index (χ3n) is 3.35. The van der Waals surface area contributed by atoms with Gasteiger partial charge in [0.25, 0.3) is 5.91 Å². The molecule has 1 fully saturated rings. The van der Waals surface area contributed by atoms with Crippen LogP contribution in [0.4, 0.5) is 0 Å². The molecule has 1 amide bonds. The van der Waals surface area contributed by atoms with Crippen LogP contribution in [-0.2, 0) is 9.59 Å². The third-order valence-corrected chi connectivity index (χ3v) is 5.34. The molecule has 1 aliphatic heterocycles. The van der Waals surface area contributed by atoms with Gasteiger partial charge in [0.2, 0.25) is 0 Å². The highest BCUT2D eigenvalue weighted by molar-refractivity contribution is 8.26. The van der Waals surface area contributed by atoms with Gasteiger partial charge in [0.05, 0.1) is 4.91 Å². The van der Waals surface area contributed by atoms with E-state index < -0.39 is 12.0 Å². The summed E-state index contributed by atoms with van der Waals surface area (Å²) in [7, 11) is 0. The SMILES string of the molecule is CSCC[C@@H](C(=O)O)N1C(=O)/C(=C\C=C\c2ccccc2)SC1=S. The molecule has 1 aromatic rings. The van der Waals surface area contributed by atoms with Crippen molar-refractivity contribution < 1.29 is 14.7 Å². The normalized spacial score (nSPS) is 17.9. The fraction of sp³-hybridized carbons (Fsp3) is 0.235. The van der Waals surface area contributed by atoms with Crippen LogP contribution in [0.3, 0.4) is 0 Å². The van der Waals surface area contributed by atoms with E-state index in [0.29, 0.717) is 21.4 Å².